The van der Waals surface area contributed by atoms with Crippen LogP contribution in [0.2, 0.25) is 5.02 Å². The molecular weight excluding hydrogens is 438 g/mol. The van der Waals surface area contributed by atoms with Crippen molar-refractivity contribution in [3.63, 3.8) is 0 Å². The first-order chi connectivity index (χ1) is 15.9. The molecule has 0 saturated heterocycles. The van der Waals surface area contributed by atoms with Crippen molar-refractivity contribution in [2.45, 2.75) is 25.3 Å². The maximum atomic E-state index is 13.2. The Balaban J connectivity index is 1.60. The Bertz CT molecular complexity index is 1170. The number of rotatable bonds is 8. The number of amides is 1. The second-order valence-electron chi connectivity index (χ2n) is 8.04. The van der Waals surface area contributed by atoms with E-state index in [1.807, 2.05) is 42.5 Å². The minimum atomic E-state index is -0.714. The van der Waals surface area contributed by atoms with Crippen LogP contribution in [0.5, 0.6) is 5.75 Å². The van der Waals surface area contributed by atoms with E-state index >= 15 is 0 Å². The van der Waals surface area contributed by atoms with E-state index in [-0.39, 0.29) is 23.5 Å². The molecule has 3 aromatic carbocycles. The van der Waals surface area contributed by atoms with Crippen LogP contribution in [0.4, 0.5) is 0 Å². The molecule has 3 aromatic rings. The summed E-state index contributed by atoms with van der Waals surface area (Å²) < 4.78 is 0. The van der Waals surface area contributed by atoms with E-state index in [0.29, 0.717) is 30.0 Å². The highest BCUT2D eigenvalue weighted by molar-refractivity contribution is 6.30. The topological polar surface area (TPSA) is 77.8 Å². The molecule has 2 N–H and O–H groups in total. The summed E-state index contributed by atoms with van der Waals surface area (Å²) >= 11 is 5.96. The highest BCUT2D eigenvalue weighted by Gasteiger charge is 2.42. The van der Waals surface area contributed by atoms with Crippen LogP contribution in [-0.4, -0.2) is 33.3 Å². The summed E-state index contributed by atoms with van der Waals surface area (Å²) in [7, 11) is 0. The molecule has 33 heavy (non-hydrogen) atoms. The lowest BCUT2D eigenvalue weighted by molar-refractivity contribution is -0.129. The molecule has 1 aliphatic rings. The molecule has 0 aliphatic carbocycles. The van der Waals surface area contributed by atoms with E-state index in [1.165, 1.54) is 17.0 Å². The Kier molecular flexibility index (Phi) is 6.80. The SMILES string of the molecule is O=C(CCc1ccccc1)C1=C(O)C(=O)N(CCc2ccc(Cl)cc2)C1c1ccc(O)cc1. The van der Waals surface area contributed by atoms with Gasteiger partial charge in [0, 0.05) is 18.0 Å². The van der Waals surface area contributed by atoms with Gasteiger partial charge in [-0.15, -0.1) is 0 Å². The van der Waals surface area contributed by atoms with Crippen molar-refractivity contribution < 1.29 is 19.8 Å². The molecule has 1 amide bonds. The van der Waals surface area contributed by atoms with E-state index in [4.69, 9.17) is 11.6 Å². The molecule has 0 saturated carbocycles. The van der Waals surface area contributed by atoms with Gasteiger partial charge >= 0.3 is 0 Å². The Labute approximate surface area is 197 Å². The number of benzene rings is 3. The van der Waals surface area contributed by atoms with Crippen LogP contribution in [0.1, 0.15) is 29.2 Å². The number of aliphatic hydroxyl groups excluding tert-OH is 1. The summed E-state index contributed by atoms with van der Waals surface area (Å²) in [6.45, 7) is 0.311. The zero-order valence-electron chi connectivity index (χ0n) is 17.9. The fourth-order valence-electron chi connectivity index (χ4n) is 4.11. The van der Waals surface area contributed by atoms with Crippen molar-refractivity contribution in [3.8, 4) is 5.75 Å². The lowest BCUT2D eigenvalue weighted by Gasteiger charge is -2.27. The predicted octanol–water partition coefficient (Wildman–Crippen LogP) is 5.19. The lowest BCUT2D eigenvalue weighted by atomic mass is 9.93. The smallest absolute Gasteiger partial charge is 0.290 e. The van der Waals surface area contributed by atoms with Crippen LogP contribution in [0.15, 0.2) is 90.2 Å². The van der Waals surface area contributed by atoms with Gasteiger partial charge in [-0.05, 0) is 53.8 Å². The van der Waals surface area contributed by atoms with Crippen LogP contribution in [-0.2, 0) is 22.4 Å². The molecule has 4 rings (SSSR count). The first kappa shape index (κ1) is 22.6. The van der Waals surface area contributed by atoms with E-state index in [9.17, 15) is 19.8 Å². The number of carbonyl (C=O) groups is 2. The van der Waals surface area contributed by atoms with Crippen LogP contribution >= 0.6 is 11.6 Å². The third-order valence-corrected chi connectivity index (χ3v) is 6.10. The number of nitrogens with zero attached hydrogens (tertiary/aromatic N) is 1. The molecule has 168 valence electrons. The fourth-order valence-corrected chi connectivity index (χ4v) is 4.24. The number of carbonyl (C=O) groups excluding carboxylic acids is 2. The monoisotopic (exact) mass is 461 g/mol. The van der Waals surface area contributed by atoms with Crippen molar-refractivity contribution in [1.82, 2.24) is 4.90 Å². The van der Waals surface area contributed by atoms with Gasteiger partial charge in [-0.1, -0.05) is 66.2 Å². The van der Waals surface area contributed by atoms with Crippen molar-refractivity contribution in [1.29, 1.82) is 0 Å². The molecule has 1 heterocycles. The minimum Gasteiger partial charge on any atom is -0.508 e. The number of aryl methyl sites for hydroxylation is 1. The van der Waals surface area contributed by atoms with Gasteiger partial charge in [0.1, 0.15) is 5.75 Å². The van der Waals surface area contributed by atoms with Crippen LogP contribution in [0.25, 0.3) is 0 Å². The van der Waals surface area contributed by atoms with E-state index in [2.05, 4.69) is 0 Å². The number of aliphatic hydroxyl groups is 1. The van der Waals surface area contributed by atoms with E-state index in [1.54, 1.807) is 24.3 Å². The zero-order valence-corrected chi connectivity index (χ0v) is 18.7. The summed E-state index contributed by atoms with van der Waals surface area (Å²) in [4.78, 5) is 27.8. The molecule has 0 fully saturated rings. The molecule has 0 spiro atoms. The highest BCUT2D eigenvalue weighted by Crippen LogP contribution is 2.39. The molecule has 6 heteroatoms. The number of Topliss-reactive ketones (excluding diaryl/α,β-unsaturated/α-hetero) is 1. The molecule has 1 aliphatic heterocycles. The summed E-state index contributed by atoms with van der Waals surface area (Å²) in [5.41, 5.74) is 2.76. The third-order valence-electron chi connectivity index (χ3n) is 5.85. The van der Waals surface area contributed by atoms with Crippen LogP contribution in [0, 0.1) is 0 Å². The number of hydrogen-bond donors (Lipinski definition) is 2. The first-order valence-corrected chi connectivity index (χ1v) is 11.2. The van der Waals surface area contributed by atoms with E-state index < -0.39 is 17.7 Å². The standard InChI is InChI=1S/C27H24ClNO4/c28-21-11-6-19(7-12-21)16-17-29-25(20-9-13-22(30)14-10-20)24(26(32)27(29)33)23(31)15-8-18-4-2-1-3-5-18/h1-7,9-14,25,30,32H,8,15-17H2. The average molecular weight is 462 g/mol. The summed E-state index contributed by atoms with van der Waals surface area (Å²) in [6.07, 6.45) is 1.23. The van der Waals surface area contributed by atoms with Gasteiger partial charge in [0.15, 0.2) is 11.5 Å². The maximum absolute atomic E-state index is 13.2. The summed E-state index contributed by atoms with van der Waals surface area (Å²) in [5, 5.41) is 21.1. The van der Waals surface area contributed by atoms with Gasteiger partial charge in [-0.3, -0.25) is 9.59 Å². The Morgan fingerprint density at radius 2 is 1.48 bits per heavy atom. The maximum Gasteiger partial charge on any atom is 0.290 e. The van der Waals surface area contributed by atoms with Gasteiger partial charge in [-0.25, -0.2) is 0 Å². The third kappa shape index (κ3) is 5.10. The normalized spacial score (nSPS) is 15.8. The summed E-state index contributed by atoms with van der Waals surface area (Å²) in [5.74, 6) is -1.25. The first-order valence-electron chi connectivity index (χ1n) is 10.8. The quantitative estimate of drug-likeness (QED) is 0.484. The molecule has 0 radical (unpaired) electrons. The number of ketones is 1. The second-order valence-corrected chi connectivity index (χ2v) is 8.48. The van der Waals surface area contributed by atoms with Crippen molar-refractivity contribution in [2.24, 2.45) is 0 Å². The van der Waals surface area contributed by atoms with Gasteiger partial charge in [0.2, 0.25) is 0 Å². The van der Waals surface area contributed by atoms with Crippen LogP contribution in [0.3, 0.4) is 0 Å². The molecule has 0 aromatic heterocycles. The molecule has 1 unspecified atom stereocenters. The van der Waals surface area contributed by atoms with Crippen molar-refractivity contribution in [2.75, 3.05) is 6.54 Å². The van der Waals surface area contributed by atoms with Gasteiger partial charge in [-0.2, -0.15) is 0 Å². The Morgan fingerprint density at radius 1 is 0.848 bits per heavy atom. The van der Waals surface area contributed by atoms with Gasteiger partial charge in [0.25, 0.3) is 5.91 Å². The summed E-state index contributed by atoms with van der Waals surface area (Å²) in [6, 6.07) is 22.6. The van der Waals surface area contributed by atoms with Crippen LogP contribution < -0.4 is 0 Å². The molecule has 0 bridgehead atoms. The number of hydrogen-bond acceptors (Lipinski definition) is 4. The van der Waals surface area contributed by atoms with Crippen molar-refractivity contribution in [3.05, 3.63) is 112 Å². The van der Waals surface area contributed by atoms with Crippen molar-refractivity contribution >= 4 is 23.3 Å². The molecule has 1 atom stereocenters. The number of aromatic hydroxyl groups is 1. The lowest BCUT2D eigenvalue weighted by Crippen LogP contribution is -2.33. The van der Waals surface area contributed by atoms with Gasteiger partial charge < -0.3 is 15.1 Å². The molecular formula is C27H24ClNO4. The fraction of sp³-hybridized carbons (Fsp3) is 0.185. The minimum absolute atomic E-state index is 0.0842. The Hall–Kier alpha value is -3.57. The number of halogens is 1. The average Bonchev–Trinajstić information content (AvgIpc) is 3.08. The highest BCUT2D eigenvalue weighted by atomic mass is 35.5. The Morgan fingerprint density at radius 3 is 2.15 bits per heavy atom. The second kappa shape index (κ2) is 9.92. The van der Waals surface area contributed by atoms with E-state index in [0.717, 1.165) is 11.1 Å². The number of phenolic OH excluding ortho intramolecular Hbond substituents is 1. The predicted molar refractivity (Wildman–Crippen MR) is 127 cm³/mol. The molecule has 5 nitrogen and oxygen atoms in total. The number of phenols is 1. The largest absolute Gasteiger partial charge is 0.508 e. The zero-order chi connectivity index (χ0) is 23.4. The van der Waals surface area contributed by atoms with Gasteiger partial charge in [0.05, 0.1) is 11.6 Å².